The summed E-state index contributed by atoms with van der Waals surface area (Å²) in [6.45, 7) is 0. The smallest absolute Gasteiger partial charge is 0.120 e. The van der Waals surface area contributed by atoms with Crippen molar-refractivity contribution < 1.29 is 4.74 Å². The van der Waals surface area contributed by atoms with Gasteiger partial charge in [0.1, 0.15) is 5.75 Å². The van der Waals surface area contributed by atoms with E-state index in [0.717, 1.165) is 29.7 Å². The first-order valence-electron chi connectivity index (χ1n) is 6.04. The van der Waals surface area contributed by atoms with Gasteiger partial charge in [0.15, 0.2) is 0 Å². The summed E-state index contributed by atoms with van der Waals surface area (Å²) >= 11 is 5.93. The third-order valence-electron chi connectivity index (χ3n) is 2.99. The summed E-state index contributed by atoms with van der Waals surface area (Å²) < 4.78 is 5.78. The molecule has 2 nitrogen and oxygen atoms in total. The average Bonchev–Trinajstić information content (AvgIpc) is 3.17. The molecule has 0 unspecified atom stereocenters. The van der Waals surface area contributed by atoms with Crippen LogP contribution in [0.2, 0.25) is 5.02 Å². The Balaban J connectivity index is 1.92. The average molecular weight is 260 g/mol. The standard InChI is InChI=1S/C15H14ClNO/c16-14-7-4-11(9-15(14)17)10-2-1-3-13(8-10)18-12-5-6-12/h1-4,7-9,12H,5-6,17H2. The highest BCUT2D eigenvalue weighted by Gasteiger charge is 2.23. The summed E-state index contributed by atoms with van der Waals surface area (Å²) in [5.74, 6) is 0.920. The van der Waals surface area contributed by atoms with Gasteiger partial charge in [-0.15, -0.1) is 0 Å². The van der Waals surface area contributed by atoms with Gasteiger partial charge in [-0.05, 0) is 48.2 Å². The van der Waals surface area contributed by atoms with Crippen molar-refractivity contribution in [1.29, 1.82) is 0 Å². The molecule has 1 saturated carbocycles. The number of hydrogen-bond acceptors (Lipinski definition) is 2. The molecule has 3 heteroatoms. The molecule has 2 aromatic carbocycles. The zero-order valence-corrected chi connectivity index (χ0v) is 10.7. The summed E-state index contributed by atoms with van der Waals surface area (Å²) in [6, 6.07) is 13.7. The van der Waals surface area contributed by atoms with E-state index < -0.39 is 0 Å². The second-order valence-electron chi connectivity index (χ2n) is 4.58. The van der Waals surface area contributed by atoms with E-state index in [-0.39, 0.29) is 0 Å². The zero-order chi connectivity index (χ0) is 12.5. The van der Waals surface area contributed by atoms with E-state index in [1.165, 1.54) is 0 Å². The lowest BCUT2D eigenvalue weighted by atomic mass is 10.0. The fraction of sp³-hybridized carbons (Fsp3) is 0.200. The maximum Gasteiger partial charge on any atom is 0.120 e. The van der Waals surface area contributed by atoms with Crippen molar-refractivity contribution in [2.24, 2.45) is 0 Å². The van der Waals surface area contributed by atoms with Gasteiger partial charge in [-0.25, -0.2) is 0 Å². The van der Waals surface area contributed by atoms with Crippen molar-refractivity contribution in [2.75, 3.05) is 5.73 Å². The first-order chi connectivity index (χ1) is 8.72. The molecule has 1 aliphatic carbocycles. The number of ether oxygens (including phenoxy) is 1. The normalized spacial score (nSPS) is 14.5. The molecule has 0 bridgehead atoms. The van der Waals surface area contributed by atoms with E-state index in [9.17, 15) is 0 Å². The highest BCUT2D eigenvalue weighted by Crippen LogP contribution is 2.31. The van der Waals surface area contributed by atoms with Crippen LogP contribution < -0.4 is 10.5 Å². The van der Waals surface area contributed by atoms with Crippen molar-refractivity contribution in [3.63, 3.8) is 0 Å². The molecule has 2 N–H and O–H groups in total. The predicted octanol–water partition coefficient (Wildman–Crippen LogP) is 4.13. The molecule has 1 fully saturated rings. The van der Waals surface area contributed by atoms with Crippen molar-refractivity contribution >= 4 is 17.3 Å². The zero-order valence-electron chi connectivity index (χ0n) is 9.90. The summed E-state index contributed by atoms with van der Waals surface area (Å²) in [6.07, 6.45) is 2.74. The Kier molecular flexibility index (Phi) is 2.88. The van der Waals surface area contributed by atoms with Crippen molar-refractivity contribution in [2.45, 2.75) is 18.9 Å². The molecule has 18 heavy (non-hydrogen) atoms. The topological polar surface area (TPSA) is 35.2 Å². The molecule has 3 rings (SSSR count). The maximum absolute atomic E-state index is 5.93. The predicted molar refractivity (Wildman–Crippen MR) is 75.0 cm³/mol. The summed E-state index contributed by atoms with van der Waals surface area (Å²) in [5.41, 5.74) is 8.57. The molecule has 0 radical (unpaired) electrons. The van der Waals surface area contributed by atoms with E-state index in [2.05, 4.69) is 0 Å². The van der Waals surface area contributed by atoms with Crippen LogP contribution in [0.4, 0.5) is 5.69 Å². The van der Waals surface area contributed by atoms with E-state index in [1.807, 2.05) is 42.5 Å². The van der Waals surface area contributed by atoms with Gasteiger partial charge >= 0.3 is 0 Å². The fourth-order valence-electron chi connectivity index (χ4n) is 1.85. The Hall–Kier alpha value is -1.67. The Labute approximate surface area is 111 Å². The molecule has 0 spiro atoms. The molecular weight excluding hydrogens is 246 g/mol. The quantitative estimate of drug-likeness (QED) is 0.841. The van der Waals surface area contributed by atoms with E-state index in [4.69, 9.17) is 22.1 Å². The van der Waals surface area contributed by atoms with Crippen LogP contribution in [0.25, 0.3) is 11.1 Å². The number of hydrogen-bond donors (Lipinski definition) is 1. The maximum atomic E-state index is 5.93. The third kappa shape index (κ3) is 2.44. The molecule has 0 atom stereocenters. The highest BCUT2D eigenvalue weighted by molar-refractivity contribution is 6.33. The van der Waals surface area contributed by atoms with Gasteiger partial charge in [-0.1, -0.05) is 29.8 Å². The molecule has 1 aliphatic rings. The van der Waals surface area contributed by atoms with Crippen LogP contribution in [0, 0.1) is 0 Å². The lowest BCUT2D eigenvalue weighted by molar-refractivity contribution is 0.303. The molecule has 2 aromatic rings. The van der Waals surface area contributed by atoms with Gasteiger partial charge in [0, 0.05) is 0 Å². The number of anilines is 1. The number of nitrogen functional groups attached to an aromatic ring is 1. The third-order valence-corrected chi connectivity index (χ3v) is 3.33. The van der Waals surface area contributed by atoms with Gasteiger partial charge < -0.3 is 10.5 Å². The molecule has 92 valence electrons. The number of benzene rings is 2. The van der Waals surface area contributed by atoms with E-state index in [1.54, 1.807) is 0 Å². The molecule has 0 saturated heterocycles. The minimum atomic E-state index is 0.413. The highest BCUT2D eigenvalue weighted by atomic mass is 35.5. The van der Waals surface area contributed by atoms with Crippen LogP contribution in [0.1, 0.15) is 12.8 Å². The van der Waals surface area contributed by atoms with Crippen molar-refractivity contribution in [3.8, 4) is 16.9 Å². The Bertz CT molecular complexity index is 578. The lowest BCUT2D eigenvalue weighted by Gasteiger charge is -2.08. The summed E-state index contributed by atoms with van der Waals surface area (Å²) in [7, 11) is 0. The number of rotatable bonds is 3. The van der Waals surface area contributed by atoms with Gasteiger partial charge in [-0.3, -0.25) is 0 Å². The van der Waals surface area contributed by atoms with Crippen LogP contribution in [0.15, 0.2) is 42.5 Å². The number of nitrogens with two attached hydrogens (primary N) is 1. The van der Waals surface area contributed by atoms with Crippen LogP contribution in [-0.4, -0.2) is 6.10 Å². The van der Waals surface area contributed by atoms with Crippen molar-refractivity contribution in [3.05, 3.63) is 47.5 Å². The largest absolute Gasteiger partial charge is 0.490 e. The van der Waals surface area contributed by atoms with Crippen LogP contribution in [0.5, 0.6) is 5.75 Å². The summed E-state index contributed by atoms with van der Waals surface area (Å²) in [5, 5.41) is 0.587. The van der Waals surface area contributed by atoms with Gasteiger partial charge in [0.2, 0.25) is 0 Å². The van der Waals surface area contributed by atoms with E-state index >= 15 is 0 Å². The van der Waals surface area contributed by atoms with Crippen LogP contribution >= 0.6 is 11.6 Å². The second-order valence-corrected chi connectivity index (χ2v) is 4.99. The van der Waals surface area contributed by atoms with E-state index in [0.29, 0.717) is 16.8 Å². The second kappa shape index (κ2) is 4.54. The monoisotopic (exact) mass is 259 g/mol. The number of halogens is 1. The molecule has 0 amide bonds. The first-order valence-corrected chi connectivity index (χ1v) is 6.42. The summed E-state index contributed by atoms with van der Waals surface area (Å²) in [4.78, 5) is 0. The SMILES string of the molecule is Nc1cc(-c2cccc(OC3CC3)c2)ccc1Cl. The molecular formula is C15H14ClNO. The van der Waals surface area contributed by atoms with Crippen LogP contribution in [-0.2, 0) is 0 Å². The molecule has 0 aromatic heterocycles. The van der Waals surface area contributed by atoms with Gasteiger partial charge in [0.05, 0.1) is 16.8 Å². The van der Waals surface area contributed by atoms with Gasteiger partial charge in [0.25, 0.3) is 0 Å². The molecule has 0 aliphatic heterocycles. The lowest BCUT2D eigenvalue weighted by Crippen LogP contribution is -1.95. The Morgan fingerprint density at radius 3 is 2.56 bits per heavy atom. The minimum absolute atomic E-state index is 0.413. The fourth-order valence-corrected chi connectivity index (χ4v) is 1.97. The Morgan fingerprint density at radius 2 is 1.83 bits per heavy atom. The van der Waals surface area contributed by atoms with Crippen molar-refractivity contribution in [1.82, 2.24) is 0 Å². The first kappa shape index (κ1) is 11.4. The minimum Gasteiger partial charge on any atom is -0.490 e. The molecule has 0 heterocycles. The Morgan fingerprint density at radius 1 is 1.06 bits per heavy atom. The van der Waals surface area contributed by atoms with Gasteiger partial charge in [-0.2, -0.15) is 0 Å². The van der Waals surface area contributed by atoms with Crippen LogP contribution in [0.3, 0.4) is 0 Å².